The van der Waals surface area contributed by atoms with Crippen molar-refractivity contribution >= 4 is 46.3 Å². The van der Waals surface area contributed by atoms with E-state index in [1.165, 1.54) is 6.07 Å². The van der Waals surface area contributed by atoms with Gasteiger partial charge in [-0.2, -0.15) is 5.26 Å². The highest BCUT2D eigenvalue weighted by atomic mass is 35.5. The summed E-state index contributed by atoms with van der Waals surface area (Å²) in [6.07, 6.45) is 0. The number of nitriles is 1. The smallest absolute Gasteiger partial charge is 0.274 e. The van der Waals surface area contributed by atoms with E-state index in [0.29, 0.717) is 38.6 Å². The maximum Gasteiger partial charge on any atom is 0.274 e. The van der Waals surface area contributed by atoms with Gasteiger partial charge in [-0.25, -0.2) is 9.97 Å². The Bertz CT molecular complexity index is 1060. The van der Waals surface area contributed by atoms with Crippen LogP contribution in [0.25, 0.3) is 0 Å². The van der Waals surface area contributed by atoms with Gasteiger partial charge < -0.3 is 10.6 Å². The minimum Gasteiger partial charge on any atom is -0.339 e. The van der Waals surface area contributed by atoms with Gasteiger partial charge in [0.15, 0.2) is 0 Å². The summed E-state index contributed by atoms with van der Waals surface area (Å²) in [7, 11) is 0. The van der Waals surface area contributed by atoms with Crippen LogP contribution in [0.4, 0.5) is 17.2 Å². The topological polar surface area (TPSA) is 90.7 Å². The molecule has 0 aliphatic heterocycles. The van der Waals surface area contributed by atoms with Crippen LogP contribution in [0.3, 0.4) is 0 Å². The molecule has 0 aliphatic rings. The number of aryl methyl sites for hydroxylation is 1. The fourth-order valence-corrected chi connectivity index (χ4v) is 2.70. The number of benzene rings is 2. The first kappa shape index (κ1) is 18.6. The molecule has 0 atom stereocenters. The van der Waals surface area contributed by atoms with E-state index >= 15 is 0 Å². The van der Waals surface area contributed by atoms with Crippen LogP contribution >= 0.6 is 23.2 Å². The average Bonchev–Trinajstić information content (AvgIpc) is 2.65. The largest absolute Gasteiger partial charge is 0.339 e. The van der Waals surface area contributed by atoms with E-state index in [1.54, 1.807) is 49.4 Å². The van der Waals surface area contributed by atoms with E-state index in [4.69, 9.17) is 28.5 Å². The molecular formula is C19H13Cl2N5O. The molecule has 27 heavy (non-hydrogen) atoms. The highest BCUT2D eigenvalue weighted by Gasteiger charge is 2.13. The lowest BCUT2D eigenvalue weighted by atomic mass is 10.2. The van der Waals surface area contributed by atoms with E-state index in [0.717, 1.165) is 0 Å². The second-order valence-corrected chi connectivity index (χ2v) is 6.34. The Kier molecular flexibility index (Phi) is 5.55. The molecule has 0 radical (unpaired) electrons. The Morgan fingerprint density at radius 3 is 2.67 bits per heavy atom. The number of nitrogens with zero attached hydrogens (tertiary/aromatic N) is 3. The van der Waals surface area contributed by atoms with Crippen molar-refractivity contribution < 1.29 is 4.79 Å². The van der Waals surface area contributed by atoms with E-state index < -0.39 is 5.91 Å². The third-order valence-corrected chi connectivity index (χ3v) is 4.35. The third-order valence-electron chi connectivity index (χ3n) is 3.53. The zero-order chi connectivity index (χ0) is 19.4. The Hall–Kier alpha value is -3.14. The van der Waals surface area contributed by atoms with Crippen LogP contribution in [-0.2, 0) is 0 Å². The van der Waals surface area contributed by atoms with Crippen LogP contribution in [0.5, 0.6) is 0 Å². The van der Waals surface area contributed by atoms with E-state index in [9.17, 15) is 4.79 Å². The van der Waals surface area contributed by atoms with Crippen LogP contribution in [-0.4, -0.2) is 15.9 Å². The van der Waals surface area contributed by atoms with Gasteiger partial charge in [0.2, 0.25) is 0 Å². The van der Waals surface area contributed by atoms with Gasteiger partial charge in [0.1, 0.15) is 17.3 Å². The molecule has 0 bridgehead atoms. The van der Waals surface area contributed by atoms with Crippen molar-refractivity contribution in [3.8, 4) is 6.07 Å². The van der Waals surface area contributed by atoms with Crippen LogP contribution in [0.2, 0.25) is 10.0 Å². The lowest BCUT2D eigenvalue weighted by Gasteiger charge is -2.11. The van der Waals surface area contributed by atoms with Crippen molar-refractivity contribution in [2.45, 2.75) is 6.92 Å². The van der Waals surface area contributed by atoms with E-state index in [2.05, 4.69) is 20.6 Å². The van der Waals surface area contributed by atoms with Gasteiger partial charge >= 0.3 is 0 Å². The van der Waals surface area contributed by atoms with E-state index in [1.807, 2.05) is 6.07 Å². The molecule has 0 aliphatic carbocycles. The van der Waals surface area contributed by atoms with Crippen LogP contribution < -0.4 is 10.6 Å². The number of carbonyl (C=O) groups is 1. The Morgan fingerprint density at radius 2 is 1.89 bits per heavy atom. The molecular weight excluding hydrogens is 385 g/mol. The highest BCUT2D eigenvalue weighted by molar-refractivity contribution is 6.43. The fourth-order valence-electron chi connectivity index (χ4n) is 2.35. The maximum absolute atomic E-state index is 12.5. The van der Waals surface area contributed by atoms with Gasteiger partial charge in [0.25, 0.3) is 5.91 Å². The number of halogens is 2. The quantitative estimate of drug-likeness (QED) is 0.648. The summed E-state index contributed by atoms with van der Waals surface area (Å²) >= 11 is 12.2. The van der Waals surface area contributed by atoms with Gasteiger partial charge in [-0.1, -0.05) is 35.3 Å². The lowest BCUT2D eigenvalue weighted by Crippen LogP contribution is -2.15. The van der Waals surface area contributed by atoms with Gasteiger partial charge in [0, 0.05) is 11.8 Å². The Balaban J connectivity index is 1.85. The van der Waals surface area contributed by atoms with Crippen molar-refractivity contribution in [2.24, 2.45) is 0 Å². The van der Waals surface area contributed by atoms with E-state index in [-0.39, 0.29) is 5.69 Å². The van der Waals surface area contributed by atoms with Crippen LogP contribution in [0.1, 0.15) is 21.9 Å². The molecule has 134 valence electrons. The molecule has 1 aromatic heterocycles. The molecule has 1 amide bonds. The zero-order valence-electron chi connectivity index (χ0n) is 14.1. The Morgan fingerprint density at radius 1 is 1.11 bits per heavy atom. The summed E-state index contributed by atoms with van der Waals surface area (Å²) in [4.78, 5) is 21.0. The molecule has 2 N–H and O–H groups in total. The number of rotatable bonds is 4. The predicted octanol–water partition coefficient (Wildman–Crippen LogP) is 4.96. The average molecular weight is 398 g/mol. The minimum atomic E-state index is -0.421. The second kappa shape index (κ2) is 8.04. The molecule has 0 fully saturated rings. The van der Waals surface area contributed by atoms with Crippen LogP contribution in [0, 0.1) is 18.3 Å². The molecule has 6 nitrogen and oxygen atoms in total. The predicted molar refractivity (Wildman–Crippen MR) is 106 cm³/mol. The maximum atomic E-state index is 12.5. The third kappa shape index (κ3) is 4.53. The number of hydrogen-bond acceptors (Lipinski definition) is 5. The molecule has 0 saturated carbocycles. The number of nitrogens with one attached hydrogen (secondary N) is 2. The van der Waals surface area contributed by atoms with Gasteiger partial charge in [-0.05, 0) is 37.3 Å². The first-order chi connectivity index (χ1) is 13.0. The normalized spacial score (nSPS) is 10.1. The van der Waals surface area contributed by atoms with Crippen molar-refractivity contribution in [2.75, 3.05) is 10.6 Å². The fraction of sp³-hybridized carbons (Fsp3) is 0.0526. The molecule has 0 unspecified atom stereocenters. The minimum absolute atomic E-state index is 0.172. The summed E-state index contributed by atoms with van der Waals surface area (Å²) in [6, 6.07) is 15.3. The number of aromatic nitrogens is 2. The molecule has 0 saturated heterocycles. The number of amides is 1. The zero-order valence-corrected chi connectivity index (χ0v) is 15.6. The van der Waals surface area contributed by atoms with Gasteiger partial charge in [0.05, 0.1) is 27.4 Å². The summed E-state index contributed by atoms with van der Waals surface area (Å²) in [5.74, 6) is 0.396. The highest BCUT2D eigenvalue weighted by Crippen LogP contribution is 2.31. The number of hydrogen-bond donors (Lipinski definition) is 2. The van der Waals surface area contributed by atoms with Crippen molar-refractivity contribution in [1.82, 2.24) is 9.97 Å². The molecule has 2 aromatic carbocycles. The van der Waals surface area contributed by atoms with Crippen molar-refractivity contribution in [3.63, 3.8) is 0 Å². The molecule has 8 heteroatoms. The molecule has 0 spiro atoms. The summed E-state index contributed by atoms with van der Waals surface area (Å²) < 4.78 is 0. The van der Waals surface area contributed by atoms with Crippen LogP contribution in [0.15, 0.2) is 48.5 Å². The first-order valence-corrected chi connectivity index (χ1v) is 8.60. The summed E-state index contributed by atoms with van der Waals surface area (Å²) in [5.41, 5.74) is 1.69. The second-order valence-electron chi connectivity index (χ2n) is 5.56. The SMILES string of the molecule is Cc1nc(Nc2cccc(Cl)c2Cl)cc(C(=O)Nc2cccc(C#N)c2)n1. The lowest BCUT2D eigenvalue weighted by molar-refractivity contribution is 0.102. The molecule has 3 rings (SSSR count). The van der Waals surface area contributed by atoms with Gasteiger partial charge in [-0.15, -0.1) is 0 Å². The molecule has 1 heterocycles. The summed E-state index contributed by atoms with van der Waals surface area (Å²) in [6.45, 7) is 1.68. The number of carbonyl (C=O) groups excluding carboxylic acids is 1. The summed E-state index contributed by atoms with van der Waals surface area (Å²) in [5, 5.41) is 15.5. The number of anilines is 3. The first-order valence-electron chi connectivity index (χ1n) is 7.84. The van der Waals surface area contributed by atoms with Gasteiger partial charge in [-0.3, -0.25) is 4.79 Å². The monoisotopic (exact) mass is 397 g/mol. The Labute approximate surface area is 165 Å². The standard InChI is InChI=1S/C19H13Cl2N5O/c1-11-23-16(19(27)25-13-5-2-4-12(8-13)10-22)9-17(24-11)26-15-7-3-6-14(20)18(15)21/h2-9H,1H3,(H,25,27)(H,23,24,26). The van der Waals surface area contributed by atoms with Crippen molar-refractivity contribution in [3.05, 3.63) is 75.7 Å². The van der Waals surface area contributed by atoms with Crippen molar-refractivity contribution in [1.29, 1.82) is 5.26 Å². The molecule has 3 aromatic rings.